The normalized spacial score (nSPS) is 13.0. The lowest BCUT2D eigenvalue weighted by molar-refractivity contribution is -0.129. The Morgan fingerprint density at radius 3 is 2.30 bits per heavy atom. The summed E-state index contributed by atoms with van der Waals surface area (Å²) in [6, 6.07) is 28.8. The second-order valence-corrected chi connectivity index (χ2v) is 9.79. The van der Waals surface area contributed by atoms with Crippen LogP contribution in [0.25, 0.3) is 5.69 Å². The summed E-state index contributed by atoms with van der Waals surface area (Å²) in [5.41, 5.74) is 3.60. The van der Waals surface area contributed by atoms with Crippen molar-refractivity contribution in [2.45, 2.75) is 28.8 Å². The Morgan fingerprint density at radius 1 is 0.818 bits per heavy atom. The summed E-state index contributed by atoms with van der Waals surface area (Å²) in [6.45, 7) is 1.45. The maximum atomic E-state index is 13.0. The van der Waals surface area contributed by atoms with Gasteiger partial charge in [0.1, 0.15) is 5.82 Å². The summed E-state index contributed by atoms with van der Waals surface area (Å²) in [4.78, 5) is 16.1. The van der Waals surface area contributed by atoms with Gasteiger partial charge in [-0.25, -0.2) is 0 Å². The van der Waals surface area contributed by atoms with E-state index in [0.29, 0.717) is 18.1 Å². The van der Waals surface area contributed by atoms with Crippen LogP contribution < -0.4 is 0 Å². The highest BCUT2D eigenvalue weighted by Crippen LogP contribution is 2.28. The fourth-order valence-corrected chi connectivity index (χ4v) is 5.62. The van der Waals surface area contributed by atoms with Crippen molar-refractivity contribution in [2.24, 2.45) is 0 Å². The van der Waals surface area contributed by atoms with E-state index in [4.69, 9.17) is 0 Å². The molecule has 2 heterocycles. The summed E-state index contributed by atoms with van der Waals surface area (Å²) in [5.74, 6) is 2.05. The minimum Gasteiger partial charge on any atom is -0.337 e. The van der Waals surface area contributed by atoms with E-state index in [0.717, 1.165) is 29.6 Å². The minimum atomic E-state index is 0.136. The number of amides is 1. The third-order valence-corrected chi connectivity index (χ3v) is 7.56. The summed E-state index contributed by atoms with van der Waals surface area (Å²) in [7, 11) is 0. The topological polar surface area (TPSA) is 51.0 Å². The van der Waals surface area contributed by atoms with Crippen LogP contribution in [0.15, 0.2) is 95.0 Å². The molecule has 0 fully saturated rings. The molecular formula is C26H24N4OS2. The summed E-state index contributed by atoms with van der Waals surface area (Å²) in [5, 5.41) is 9.67. The Hall–Kier alpha value is -3.03. The molecule has 1 amide bonds. The maximum absolute atomic E-state index is 13.0. The molecule has 1 aromatic heterocycles. The van der Waals surface area contributed by atoms with Crippen LogP contribution >= 0.6 is 23.5 Å². The third-order valence-electron chi connectivity index (χ3n) is 5.63. The van der Waals surface area contributed by atoms with E-state index in [-0.39, 0.29) is 5.91 Å². The molecule has 0 saturated carbocycles. The number of nitrogens with zero attached hydrogens (tertiary/aromatic N) is 4. The molecule has 7 heteroatoms. The van der Waals surface area contributed by atoms with Crippen molar-refractivity contribution in [2.75, 3.05) is 12.3 Å². The van der Waals surface area contributed by atoms with Gasteiger partial charge in [-0.3, -0.25) is 9.36 Å². The number of hydrogen-bond donors (Lipinski definition) is 0. The first-order chi connectivity index (χ1) is 16.3. The van der Waals surface area contributed by atoms with Crippen LogP contribution in [-0.2, 0) is 23.5 Å². The largest absolute Gasteiger partial charge is 0.337 e. The number of rotatable bonds is 7. The van der Waals surface area contributed by atoms with Gasteiger partial charge in [-0.1, -0.05) is 72.4 Å². The van der Waals surface area contributed by atoms with Gasteiger partial charge < -0.3 is 4.90 Å². The van der Waals surface area contributed by atoms with E-state index in [1.165, 1.54) is 27.8 Å². The van der Waals surface area contributed by atoms with Crippen LogP contribution in [0.1, 0.15) is 17.0 Å². The van der Waals surface area contributed by atoms with Crippen LogP contribution in [0.2, 0.25) is 0 Å². The Balaban J connectivity index is 1.30. The Bertz CT molecular complexity index is 1230. The summed E-state index contributed by atoms with van der Waals surface area (Å²) >= 11 is 3.18. The van der Waals surface area contributed by atoms with Gasteiger partial charge in [0.2, 0.25) is 5.91 Å². The molecular weight excluding hydrogens is 448 g/mol. The van der Waals surface area contributed by atoms with Gasteiger partial charge in [-0.2, -0.15) is 0 Å². The lowest BCUT2D eigenvalue weighted by atomic mass is 10.00. The number of hydrogen-bond acceptors (Lipinski definition) is 5. The first-order valence-electron chi connectivity index (χ1n) is 10.9. The third kappa shape index (κ3) is 5.15. The summed E-state index contributed by atoms with van der Waals surface area (Å²) < 4.78 is 2.07. The predicted octanol–water partition coefficient (Wildman–Crippen LogP) is 5.24. The number of thioether (sulfide) groups is 2. The number of carbonyl (C=O) groups is 1. The van der Waals surface area contributed by atoms with Crippen molar-refractivity contribution >= 4 is 29.4 Å². The smallest absolute Gasteiger partial charge is 0.233 e. The monoisotopic (exact) mass is 472 g/mol. The zero-order chi connectivity index (χ0) is 22.5. The molecule has 0 N–H and O–H groups in total. The van der Waals surface area contributed by atoms with Gasteiger partial charge in [-0.05, 0) is 41.8 Å². The molecule has 5 nitrogen and oxygen atoms in total. The Labute approximate surface area is 202 Å². The highest BCUT2D eigenvalue weighted by atomic mass is 32.2. The Kier molecular flexibility index (Phi) is 6.79. The van der Waals surface area contributed by atoms with E-state index >= 15 is 0 Å². The predicted molar refractivity (Wildman–Crippen MR) is 134 cm³/mol. The zero-order valence-corrected chi connectivity index (χ0v) is 19.8. The number of para-hydroxylation sites is 1. The highest BCUT2D eigenvalue weighted by molar-refractivity contribution is 7.99. The van der Waals surface area contributed by atoms with Crippen LogP contribution in [0.5, 0.6) is 0 Å². The van der Waals surface area contributed by atoms with E-state index < -0.39 is 0 Å². The van der Waals surface area contributed by atoms with Crippen LogP contribution in [0.3, 0.4) is 0 Å². The van der Waals surface area contributed by atoms with E-state index in [9.17, 15) is 4.79 Å². The molecule has 33 heavy (non-hydrogen) atoms. The molecule has 0 saturated heterocycles. The van der Waals surface area contributed by atoms with Crippen molar-refractivity contribution in [1.82, 2.24) is 19.7 Å². The molecule has 1 aliphatic rings. The highest BCUT2D eigenvalue weighted by Gasteiger charge is 2.22. The van der Waals surface area contributed by atoms with Crippen molar-refractivity contribution in [3.05, 3.63) is 102 Å². The van der Waals surface area contributed by atoms with Crippen molar-refractivity contribution in [1.29, 1.82) is 0 Å². The van der Waals surface area contributed by atoms with Gasteiger partial charge in [0.25, 0.3) is 0 Å². The molecule has 4 aromatic rings. The first kappa shape index (κ1) is 21.8. The second kappa shape index (κ2) is 10.3. The van der Waals surface area contributed by atoms with E-state index in [1.807, 2.05) is 59.5 Å². The lowest BCUT2D eigenvalue weighted by Gasteiger charge is -2.28. The number of carbonyl (C=O) groups excluding carboxylic acids is 1. The van der Waals surface area contributed by atoms with Crippen LogP contribution in [0.4, 0.5) is 0 Å². The lowest BCUT2D eigenvalue weighted by Crippen LogP contribution is -2.37. The van der Waals surface area contributed by atoms with Gasteiger partial charge in [0.05, 0.1) is 11.5 Å². The molecule has 3 aromatic carbocycles. The van der Waals surface area contributed by atoms with Gasteiger partial charge in [0, 0.05) is 23.7 Å². The molecule has 0 atom stereocenters. The number of aromatic nitrogens is 3. The van der Waals surface area contributed by atoms with Gasteiger partial charge in [0.15, 0.2) is 5.16 Å². The van der Waals surface area contributed by atoms with Crippen molar-refractivity contribution < 1.29 is 4.79 Å². The average Bonchev–Trinajstić information content (AvgIpc) is 3.29. The molecule has 0 unspecified atom stereocenters. The second-order valence-electron chi connectivity index (χ2n) is 7.79. The first-order valence-corrected chi connectivity index (χ1v) is 12.9. The minimum absolute atomic E-state index is 0.136. The Morgan fingerprint density at radius 2 is 1.52 bits per heavy atom. The molecule has 5 rings (SSSR count). The number of benzene rings is 3. The van der Waals surface area contributed by atoms with Crippen LogP contribution in [-0.4, -0.2) is 37.9 Å². The van der Waals surface area contributed by atoms with E-state index in [1.54, 1.807) is 11.8 Å². The average molecular weight is 473 g/mol. The fourth-order valence-electron chi connectivity index (χ4n) is 3.91. The molecule has 0 spiro atoms. The van der Waals surface area contributed by atoms with Gasteiger partial charge >= 0.3 is 0 Å². The standard InChI is InChI=1S/C26H24N4OS2/c31-25(29-16-15-20-9-7-8-10-21(20)17-29)19-33-26-28-27-24(18-32-23-13-5-2-6-14-23)30(26)22-11-3-1-4-12-22/h1-14H,15-19H2. The zero-order valence-electron chi connectivity index (χ0n) is 18.1. The fraction of sp³-hybridized carbons (Fsp3) is 0.192. The molecule has 1 aliphatic heterocycles. The van der Waals surface area contributed by atoms with Crippen molar-refractivity contribution in [3.8, 4) is 5.69 Å². The van der Waals surface area contributed by atoms with Crippen molar-refractivity contribution in [3.63, 3.8) is 0 Å². The molecule has 0 radical (unpaired) electrons. The summed E-state index contributed by atoms with van der Waals surface area (Å²) in [6.07, 6.45) is 0.910. The number of fused-ring (bicyclic) bond motifs is 1. The van der Waals surface area contributed by atoms with Gasteiger partial charge in [-0.15, -0.1) is 22.0 Å². The SMILES string of the molecule is O=C(CSc1nnc(CSc2ccccc2)n1-c1ccccc1)N1CCc2ccccc2C1. The quantitative estimate of drug-likeness (QED) is 0.345. The van der Waals surface area contributed by atoms with E-state index in [2.05, 4.69) is 45.1 Å². The molecule has 0 aliphatic carbocycles. The van der Waals surface area contributed by atoms with Crippen LogP contribution in [0, 0.1) is 0 Å². The molecule has 166 valence electrons. The maximum Gasteiger partial charge on any atom is 0.233 e. The molecule has 0 bridgehead atoms.